The molecule has 5 nitrogen and oxygen atoms in total. The van der Waals surface area contributed by atoms with Crippen molar-refractivity contribution in [1.82, 2.24) is 14.7 Å². The lowest BCUT2D eigenvalue weighted by Gasteiger charge is -2.28. The first-order valence-electron chi connectivity index (χ1n) is 11.5. The zero-order valence-corrected chi connectivity index (χ0v) is 21.4. The Morgan fingerprint density at radius 1 is 1.27 bits per heavy atom. The van der Waals surface area contributed by atoms with Crippen LogP contribution in [0.4, 0.5) is 0 Å². The summed E-state index contributed by atoms with van der Waals surface area (Å²) >= 11 is 6.23. The average Bonchev–Trinajstić information content (AvgIpc) is 2.74. The van der Waals surface area contributed by atoms with Gasteiger partial charge in [-0.1, -0.05) is 50.4 Å². The van der Waals surface area contributed by atoms with Crippen LogP contribution in [0.5, 0.6) is 0 Å². The van der Waals surface area contributed by atoms with Gasteiger partial charge in [-0.25, -0.2) is 18.9 Å². The zero-order valence-electron chi connectivity index (χ0n) is 19.9. The molecule has 1 aliphatic carbocycles. The van der Waals surface area contributed by atoms with E-state index >= 15 is 0 Å². The van der Waals surface area contributed by atoms with Gasteiger partial charge in [-0.05, 0) is 68.4 Å². The maximum absolute atomic E-state index is 12.5. The molecule has 3 rings (SSSR count). The number of allylic oxidation sites excluding steroid dienone is 3. The lowest BCUT2D eigenvalue weighted by atomic mass is 9.78. The summed E-state index contributed by atoms with van der Waals surface area (Å²) in [6, 6.07) is 5.80. The molecule has 1 saturated carbocycles. The van der Waals surface area contributed by atoms with Crippen LogP contribution in [0.2, 0.25) is 5.02 Å². The van der Waals surface area contributed by atoms with Crippen LogP contribution in [-0.4, -0.2) is 25.9 Å². The van der Waals surface area contributed by atoms with E-state index in [1.165, 1.54) is 19.3 Å². The van der Waals surface area contributed by atoms with Gasteiger partial charge in [0, 0.05) is 40.3 Å². The quantitative estimate of drug-likeness (QED) is 0.296. The fraction of sp³-hybridized carbons (Fsp3) is 0.423. The maximum Gasteiger partial charge on any atom is 0.160 e. The van der Waals surface area contributed by atoms with Crippen LogP contribution >= 0.6 is 11.6 Å². The second-order valence-electron chi connectivity index (χ2n) is 8.93. The number of hydrogen-bond acceptors (Lipinski definition) is 4. The molecular formula is C26H33ClN4OS. The van der Waals surface area contributed by atoms with Gasteiger partial charge in [0.1, 0.15) is 11.0 Å². The predicted molar refractivity (Wildman–Crippen MR) is 139 cm³/mol. The Kier molecular flexibility index (Phi) is 8.74. The molecular weight excluding hydrogens is 452 g/mol. The molecule has 1 aromatic heterocycles. The van der Waals surface area contributed by atoms with Gasteiger partial charge in [0.15, 0.2) is 5.82 Å². The minimum Gasteiger partial charge on any atom is -0.305 e. The summed E-state index contributed by atoms with van der Waals surface area (Å²) in [5, 5.41) is 9.50. The summed E-state index contributed by atoms with van der Waals surface area (Å²) in [7, 11) is -1.38. The van der Waals surface area contributed by atoms with E-state index in [0.717, 1.165) is 34.3 Å². The largest absolute Gasteiger partial charge is 0.305 e. The van der Waals surface area contributed by atoms with Gasteiger partial charge in [-0.2, -0.15) is 0 Å². The summed E-state index contributed by atoms with van der Waals surface area (Å²) in [5.41, 5.74) is 4.97. The SMILES string of the molecule is C=C(CC1CCC1)/C(=C(/C(=N)CC)c1ccc(Cl)cc1C)c1ncc(S(=O)NC(C)C)cn1. The minimum absolute atomic E-state index is 0.0766. The van der Waals surface area contributed by atoms with Gasteiger partial charge in [0.25, 0.3) is 0 Å². The number of aromatic nitrogens is 2. The monoisotopic (exact) mass is 484 g/mol. The number of nitrogens with one attached hydrogen (secondary N) is 2. The van der Waals surface area contributed by atoms with Gasteiger partial charge >= 0.3 is 0 Å². The molecule has 176 valence electrons. The first-order chi connectivity index (χ1) is 15.7. The number of aryl methyl sites for hydroxylation is 1. The Bertz CT molecular complexity index is 1090. The molecule has 1 heterocycles. The lowest BCUT2D eigenvalue weighted by molar-refractivity contribution is 0.316. The van der Waals surface area contributed by atoms with Gasteiger partial charge in [-0.15, -0.1) is 0 Å². The Morgan fingerprint density at radius 2 is 1.94 bits per heavy atom. The third kappa shape index (κ3) is 6.25. The van der Waals surface area contributed by atoms with E-state index in [9.17, 15) is 4.21 Å². The molecule has 0 aliphatic heterocycles. The van der Waals surface area contributed by atoms with Crippen molar-refractivity contribution in [2.75, 3.05) is 0 Å². The van der Waals surface area contributed by atoms with Crippen molar-refractivity contribution >= 4 is 39.4 Å². The molecule has 0 spiro atoms. The van der Waals surface area contributed by atoms with Gasteiger partial charge in [0.2, 0.25) is 0 Å². The van der Waals surface area contributed by atoms with E-state index in [4.69, 9.17) is 17.0 Å². The highest BCUT2D eigenvalue weighted by Gasteiger charge is 2.25. The molecule has 0 radical (unpaired) electrons. The summed E-state index contributed by atoms with van der Waals surface area (Å²) in [6.07, 6.45) is 8.29. The molecule has 0 saturated heterocycles. The number of nitrogens with zero attached hydrogens (tertiary/aromatic N) is 2. The lowest BCUT2D eigenvalue weighted by Crippen LogP contribution is -2.25. The van der Waals surface area contributed by atoms with Crippen molar-refractivity contribution in [3.05, 3.63) is 64.7 Å². The molecule has 7 heteroatoms. The molecule has 0 bridgehead atoms. The van der Waals surface area contributed by atoms with Crippen LogP contribution in [-0.2, 0) is 11.0 Å². The van der Waals surface area contributed by atoms with Crippen LogP contribution in [0.3, 0.4) is 0 Å². The van der Waals surface area contributed by atoms with E-state index in [2.05, 4.69) is 21.3 Å². The van der Waals surface area contributed by atoms with E-state index in [-0.39, 0.29) is 6.04 Å². The van der Waals surface area contributed by atoms with Crippen LogP contribution in [0.1, 0.15) is 69.8 Å². The highest BCUT2D eigenvalue weighted by Crippen LogP contribution is 2.39. The normalized spacial score (nSPS) is 15.7. The topological polar surface area (TPSA) is 78.7 Å². The summed E-state index contributed by atoms with van der Waals surface area (Å²) in [5.74, 6) is 1.12. The van der Waals surface area contributed by atoms with Crippen LogP contribution < -0.4 is 4.72 Å². The fourth-order valence-corrected chi connectivity index (χ4v) is 5.04. The summed E-state index contributed by atoms with van der Waals surface area (Å²) < 4.78 is 15.5. The van der Waals surface area contributed by atoms with E-state index in [1.807, 2.05) is 45.9 Å². The van der Waals surface area contributed by atoms with Crippen molar-refractivity contribution in [3.8, 4) is 0 Å². The third-order valence-electron chi connectivity index (χ3n) is 5.89. The van der Waals surface area contributed by atoms with Gasteiger partial charge < -0.3 is 5.41 Å². The van der Waals surface area contributed by atoms with Crippen LogP contribution in [0.15, 0.2) is 47.6 Å². The fourth-order valence-electron chi connectivity index (χ4n) is 3.95. The van der Waals surface area contributed by atoms with Crippen LogP contribution in [0.25, 0.3) is 11.1 Å². The standard InChI is InChI=1S/C26H33ClN4OS/c1-6-23(28)25(22-11-10-20(27)13-17(22)4)24(18(5)12-19-8-7-9-19)26-29-14-21(15-30-26)33(32)31-16(2)3/h10-11,13-16,19,28,31H,5-9,12H2,1-4H3/b25-24-,28-23?. The molecule has 1 aromatic carbocycles. The Morgan fingerprint density at radius 3 is 2.45 bits per heavy atom. The van der Waals surface area contributed by atoms with Crippen molar-refractivity contribution in [3.63, 3.8) is 0 Å². The third-order valence-corrected chi connectivity index (χ3v) is 7.44. The zero-order chi connectivity index (χ0) is 24.1. The molecule has 1 fully saturated rings. The first kappa shape index (κ1) is 25.5. The van der Waals surface area contributed by atoms with Crippen LogP contribution in [0, 0.1) is 18.3 Å². The average molecular weight is 485 g/mol. The number of benzene rings is 1. The van der Waals surface area contributed by atoms with E-state index < -0.39 is 11.0 Å². The highest BCUT2D eigenvalue weighted by atomic mass is 35.5. The Labute approximate surface area is 204 Å². The number of halogens is 1. The molecule has 33 heavy (non-hydrogen) atoms. The summed E-state index contributed by atoms with van der Waals surface area (Å²) in [4.78, 5) is 9.73. The van der Waals surface area contributed by atoms with Crippen molar-refractivity contribution in [2.24, 2.45) is 5.92 Å². The Hall–Kier alpha value is -2.15. The molecule has 1 unspecified atom stereocenters. The Balaban J connectivity index is 2.16. The number of rotatable bonds is 10. The molecule has 2 N–H and O–H groups in total. The number of hydrogen-bond donors (Lipinski definition) is 2. The van der Waals surface area contributed by atoms with Gasteiger partial charge in [0.05, 0.1) is 4.90 Å². The van der Waals surface area contributed by atoms with E-state index in [0.29, 0.717) is 33.8 Å². The van der Waals surface area contributed by atoms with Gasteiger partial charge in [-0.3, -0.25) is 0 Å². The second-order valence-corrected chi connectivity index (χ2v) is 10.6. The smallest absolute Gasteiger partial charge is 0.160 e. The molecule has 1 atom stereocenters. The molecule has 2 aromatic rings. The minimum atomic E-state index is -1.38. The van der Waals surface area contributed by atoms with Crippen molar-refractivity contribution in [1.29, 1.82) is 5.41 Å². The van der Waals surface area contributed by atoms with E-state index in [1.54, 1.807) is 12.4 Å². The second kappa shape index (κ2) is 11.3. The van der Waals surface area contributed by atoms with Crippen molar-refractivity contribution < 1.29 is 4.21 Å². The summed E-state index contributed by atoms with van der Waals surface area (Å²) in [6.45, 7) is 12.3. The maximum atomic E-state index is 12.5. The van der Waals surface area contributed by atoms with Crippen molar-refractivity contribution in [2.45, 2.75) is 70.7 Å². The molecule has 1 aliphatic rings. The molecule has 0 amide bonds. The highest BCUT2D eigenvalue weighted by molar-refractivity contribution is 7.83. The predicted octanol–water partition coefficient (Wildman–Crippen LogP) is 6.55. The first-order valence-corrected chi connectivity index (χ1v) is 13.0.